The van der Waals surface area contributed by atoms with Crippen LogP contribution in [0.1, 0.15) is 22.0 Å². The SMILES string of the molecule is O=C(c1ccc(N2CCO[C@H](c3ccc(Cl)cc3)C2)nc1)N1CCOCC1. The van der Waals surface area contributed by atoms with Crippen molar-refractivity contribution in [3.63, 3.8) is 0 Å². The van der Waals surface area contributed by atoms with E-state index < -0.39 is 0 Å². The van der Waals surface area contributed by atoms with Gasteiger partial charge < -0.3 is 19.3 Å². The van der Waals surface area contributed by atoms with Crippen molar-refractivity contribution in [3.05, 3.63) is 58.7 Å². The van der Waals surface area contributed by atoms with Crippen LogP contribution in [0.25, 0.3) is 0 Å². The van der Waals surface area contributed by atoms with Crippen LogP contribution >= 0.6 is 11.6 Å². The number of morpholine rings is 2. The summed E-state index contributed by atoms with van der Waals surface area (Å²) in [4.78, 5) is 21.1. The second-order valence-corrected chi connectivity index (χ2v) is 7.10. The lowest BCUT2D eigenvalue weighted by Crippen LogP contribution is -2.41. The van der Waals surface area contributed by atoms with Crippen LogP contribution in [0.2, 0.25) is 5.02 Å². The standard InChI is InChI=1S/C20H22ClN3O3/c21-17-4-1-15(2-5-17)18-14-24(9-12-27-18)19-6-3-16(13-22-19)20(25)23-7-10-26-11-8-23/h1-6,13,18H,7-12,14H2/t18-/m0/s1. The summed E-state index contributed by atoms with van der Waals surface area (Å²) in [6, 6.07) is 11.5. The molecule has 0 aliphatic carbocycles. The molecule has 4 rings (SSSR count). The lowest BCUT2D eigenvalue weighted by Gasteiger charge is -2.34. The van der Waals surface area contributed by atoms with Crippen LogP contribution in [0, 0.1) is 0 Å². The Labute approximate surface area is 163 Å². The first-order valence-electron chi connectivity index (χ1n) is 9.16. The van der Waals surface area contributed by atoms with Gasteiger partial charge >= 0.3 is 0 Å². The molecule has 2 saturated heterocycles. The smallest absolute Gasteiger partial charge is 0.255 e. The molecule has 142 valence electrons. The summed E-state index contributed by atoms with van der Waals surface area (Å²) >= 11 is 5.97. The van der Waals surface area contributed by atoms with E-state index in [1.807, 2.05) is 41.3 Å². The van der Waals surface area contributed by atoms with Crippen molar-refractivity contribution in [1.82, 2.24) is 9.88 Å². The van der Waals surface area contributed by atoms with Crippen molar-refractivity contribution in [2.75, 3.05) is 50.9 Å². The fourth-order valence-electron chi connectivity index (χ4n) is 3.39. The minimum atomic E-state index is -0.0209. The van der Waals surface area contributed by atoms with Gasteiger partial charge in [0, 0.05) is 37.4 Å². The Morgan fingerprint density at radius 1 is 1.04 bits per heavy atom. The average molecular weight is 388 g/mol. The zero-order chi connectivity index (χ0) is 18.6. The van der Waals surface area contributed by atoms with Gasteiger partial charge in [-0.3, -0.25) is 4.79 Å². The number of amides is 1. The molecule has 0 radical (unpaired) electrons. The third kappa shape index (κ3) is 4.24. The van der Waals surface area contributed by atoms with Crippen LogP contribution in [0.3, 0.4) is 0 Å². The quantitative estimate of drug-likeness (QED) is 0.810. The maximum Gasteiger partial charge on any atom is 0.255 e. The summed E-state index contributed by atoms with van der Waals surface area (Å²) < 4.78 is 11.2. The highest BCUT2D eigenvalue weighted by molar-refractivity contribution is 6.30. The van der Waals surface area contributed by atoms with Gasteiger partial charge in [-0.25, -0.2) is 4.98 Å². The van der Waals surface area contributed by atoms with Crippen molar-refractivity contribution >= 4 is 23.3 Å². The Kier molecular flexibility index (Phi) is 5.57. The van der Waals surface area contributed by atoms with Gasteiger partial charge in [-0.1, -0.05) is 23.7 Å². The second-order valence-electron chi connectivity index (χ2n) is 6.67. The largest absolute Gasteiger partial charge is 0.378 e. The highest BCUT2D eigenvalue weighted by atomic mass is 35.5. The maximum absolute atomic E-state index is 12.5. The Morgan fingerprint density at radius 2 is 1.81 bits per heavy atom. The third-order valence-electron chi connectivity index (χ3n) is 4.93. The van der Waals surface area contributed by atoms with E-state index in [2.05, 4.69) is 9.88 Å². The van der Waals surface area contributed by atoms with Crippen LogP contribution in [0.4, 0.5) is 5.82 Å². The summed E-state index contributed by atoms with van der Waals surface area (Å²) in [6.07, 6.45) is 1.65. The van der Waals surface area contributed by atoms with E-state index in [1.165, 1.54) is 0 Å². The van der Waals surface area contributed by atoms with Crippen molar-refractivity contribution in [1.29, 1.82) is 0 Å². The molecule has 27 heavy (non-hydrogen) atoms. The maximum atomic E-state index is 12.5. The molecule has 2 aliphatic heterocycles. The third-order valence-corrected chi connectivity index (χ3v) is 5.18. The number of hydrogen-bond donors (Lipinski definition) is 0. The zero-order valence-corrected chi connectivity index (χ0v) is 15.8. The molecule has 1 atom stereocenters. The average Bonchev–Trinajstić information content (AvgIpc) is 2.75. The molecule has 2 aromatic rings. The Hall–Kier alpha value is -2.15. The number of aromatic nitrogens is 1. The van der Waals surface area contributed by atoms with Gasteiger partial charge in [0.15, 0.2) is 0 Å². The van der Waals surface area contributed by atoms with Gasteiger partial charge in [-0.2, -0.15) is 0 Å². The molecule has 1 aromatic carbocycles. The fraction of sp³-hybridized carbons (Fsp3) is 0.400. The van der Waals surface area contributed by atoms with Crippen LogP contribution < -0.4 is 4.90 Å². The molecule has 1 aromatic heterocycles. The Balaban J connectivity index is 1.43. The van der Waals surface area contributed by atoms with Crippen molar-refractivity contribution < 1.29 is 14.3 Å². The first-order chi connectivity index (χ1) is 13.2. The lowest BCUT2D eigenvalue weighted by atomic mass is 10.1. The number of nitrogens with zero attached hydrogens (tertiary/aromatic N) is 3. The minimum Gasteiger partial charge on any atom is -0.378 e. The van der Waals surface area contributed by atoms with Gasteiger partial charge in [0.2, 0.25) is 0 Å². The molecule has 1 amide bonds. The topological polar surface area (TPSA) is 54.9 Å². The number of carbonyl (C=O) groups is 1. The number of pyridine rings is 1. The van der Waals surface area contributed by atoms with Gasteiger partial charge in [-0.15, -0.1) is 0 Å². The lowest BCUT2D eigenvalue weighted by molar-refractivity contribution is 0.0302. The molecular weight excluding hydrogens is 366 g/mol. The van der Waals surface area contributed by atoms with Gasteiger partial charge in [0.1, 0.15) is 11.9 Å². The normalized spacial score (nSPS) is 20.6. The van der Waals surface area contributed by atoms with Crippen molar-refractivity contribution in [2.45, 2.75) is 6.10 Å². The predicted octanol–water partition coefficient (Wildman–Crippen LogP) is 2.79. The number of benzene rings is 1. The summed E-state index contributed by atoms with van der Waals surface area (Å²) in [7, 11) is 0. The summed E-state index contributed by atoms with van der Waals surface area (Å²) in [5.74, 6) is 0.870. The number of hydrogen-bond acceptors (Lipinski definition) is 5. The van der Waals surface area contributed by atoms with E-state index in [9.17, 15) is 4.79 Å². The molecule has 2 fully saturated rings. The highest BCUT2D eigenvalue weighted by Crippen LogP contribution is 2.26. The molecule has 0 unspecified atom stereocenters. The van der Waals surface area contributed by atoms with Gasteiger partial charge in [-0.05, 0) is 29.8 Å². The van der Waals surface area contributed by atoms with Crippen LogP contribution in [0.5, 0.6) is 0 Å². The molecule has 0 spiro atoms. The van der Waals surface area contributed by atoms with E-state index >= 15 is 0 Å². The Morgan fingerprint density at radius 3 is 2.52 bits per heavy atom. The number of halogens is 1. The van der Waals surface area contributed by atoms with E-state index in [4.69, 9.17) is 21.1 Å². The molecule has 6 nitrogen and oxygen atoms in total. The first kappa shape index (κ1) is 18.2. The monoisotopic (exact) mass is 387 g/mol. The molecule has 7 heteroatoms. The Bertz CT molecular complexity index is 776. The summed E-state index contributed by atoms with van der Waals surface area (Å²) in [6.45, 7) is 4.57. The van der Waals surface area contributed by atoms with Crippen LogP contribution in [-0.4, -0.2) is 61.8 Å². The predicted molar refractivity (Wildman–Crippen MR) is 103 cm³/mol. The zero-order valence-electron chi connectivity index (χ0n) is 15.0. The van der Waals surface area contributed by atoms with E-state index in [0.717, 1.165) is 17.9 Å². The van der Waals surface area contributed by atoms with Gasteiger partial charge in [0.25, 0.3) is 5.91 Å². The summed E-state index contributed by atoms with van der Waals surface area (Å²) in [5, 5.41) is 0.716. The minimum absolute atomic E-state index is 0.0124. The molecule has 0 bridgehead atoms. The highest BCUT2D eigenvalue weighted by Gasteiger charge is 2.24. The van der Waals surface area contributed by atoms with E-state index in [0.29, 0.717) is 50.0 Å². The number of carbonyl (C=O) groups excluding carboxylic acids is 1. The van der Waals surface area contributed by atoms with Crippen LogP contribution in [-0.2, 0) is 9.47 Å². The number of anilines is 1. The van der Waals surface area contributed by atoms with E-state index in [-0.39, 0.29) is 12.0 Å². The molecule has 0 saturated carbocycles. The van der Waals surface area contributed by atoms with E-state index in [1.54, 1.807) is 6.20 Å². The van der Waals surface area contributed by atoms with Crippen LogP contribution in [0.15, 0.2) is 42.6 Å². The number of rotatable bonds is 3. The second kappa shape index (κ2) is 8.25. The molecule has 2 aliphatic rings. The van der Waals surface area contributed by atoms with Crippen molar-refractivity contribution in [3.8, 4) is 0 Å². The molecule has 0 N–H and O–H groups in total. The number of ether oxygens (including phenoxy) is 2. The van der Waals surface area contributed by atoms with Gasteiger partial charge in [0.05, 0.1) is 25.4 Å². The van der Waals surface area contributed by atoms with Crippen molar-refractivity contribution in [2.24, 2.45) is 0 Å². The first-order valence-corrected chi connectivity index (χ1v) is 9.53. The molecular formula is C20H22ClN3O3. The molecule has 3 heterocycles. The fourth-order valence-corrected chi connectivity index (χ4v) is 3.51. The summed E-state index contributed by atoms with van der Waals surface area (Å²) in [5.41, 5.74) is 1.71.